The monoisotopic (exact) mass is 581 g/mol. The van der Waals surface area contributed by atoms with Gasteiger partial charge in [0.2, 0.25) is 0 Å². The van der Waals surface area contributed by atoms with Gasteiger partial charge in [0.15, 0.2) is 0 Å². The Hall–Kier alpha value is -4.01. The van der Waals surface area contributed by atoms with Crippen molar-refractivity contribution in [2.24, 2.45) is 0 Å². The molecule has 0 saturated carbocycles. The molecule has 5 rings (SSSR count). The Labute approximate surface area is 252 Å². The average Bonchev–Trinajstić information content (AvgIpc) is 3.67. The Kier molecular flexibility index (Phi) is 9.04. The Morgan fingerprint density at radius 1 is 1.07 bits per heavy atom. The van der Waals surface area contributed by atoms with E-state index in [1.807, 2.05) is 38.1 Å². The van der Waals surface area contributed by atoms with Crippen molar-refractivity contribution in [2.45, 2.75) is 47.5 Å². The Morgan fingerprint density at radius 2 is 1.88 bits per heavy atom. The van der Waals surface area contributed by atoms with Crippen LogP contribution in [0.15, 0.2) is 47.8 Å². The second-order valence-corrected chi connectivity index (χ2v) is 11.6. The summed E-state index contributed by atoms with van der Waals surface area (Å²) in [4.78, 5) is 36.7. The number of likely N-dealkylation sites (N-methyl/N-ethyl adjacent to an activating group) is 1. The number of fused-ring (bicyclic) bond motifs is 1. The molecule has 2 aromatic heterocycles. The molecule has 0 aliphatic carbocycles. The van der Waals surface area contributed by atoms with Crippen molar-refractivity contribution >= 4 is 40.5 Å². The van der Waals surface area contributed by atoms with Crippen molar-refractivity contribution in [3.8, 4) is 21.8 Å². The van der Waals surface area contributed by atoms with Crippen molar-refractivity contribution in [1.29, 1.82) is 0 Å². The largest absolute Gasteiger partial charge is 0.358 e. The molecule has 0 spiro atoms. The van der Waals surface area contributed by atoms with Crippen LogP contribution in [0, 0.1) is 13.8 Å². The van der Waals surface area contributed by atoms with E-state index in [0.29, 0.717) is 17.7 Å². The summed E-state index contributed by atoms with van der Waals surface area (Å²) in [5.41, 5.74) is 9.44. The number of rotatable bonds is 11. The maximum Gasteiger partial charge on any atom is 0.256 e. The average molecular weight is 582 g/mol. The first-order valence-electron chi connectivity index (χ1n) is 14.7. The van der Waals surface area contributed by atoms with Gasteiger partial charge in [0.05, 0.1) is 16.8 Å². The summed E-state index contributed by atoms with van der Waals surface area (Å²) >= 11 is 1.63. The summed E-state index contributed by atoms with van der Waals surface area (Å²) in [5, 5.41) is 9.09. The number of carbonyl (C=O) groups excluding carboxylic acids is 2. The second kappa shape index (κ2) is 12.9. The normalized spacial score (nSPS) is 13.6. The van der Waals surface area contributed by atoms with E-state index in [2.05, 4.69) is 70.9 Å². The molecule has 4 aromatic rings. The molecule has 0 saturated heterocycles. The highest BCUT2D eigenvalue weighted by atomic mass is 32.1. The van der Waals surface area contributed by atoms with Crippen molar-refractivity contribution < 1.29 is 9.59 Å². The van der Waals surface area contributed by atoms with Crippen molar-refractivity contribution in [3.05, 3.63) is 81.5 Å². The molecule has 7 nitrogen and oxygen atoms in total. The molecule has 1 aliphatic heterocycles. The van der Waals surface area contributed by atoms with Crippen LogP contribution < -0.4 is 10.6 Å². The Balaban J connectivity index is 1.40. The van der Waals surface area contributed by atoms with Gasteiger partial charge in [-0.2, -0.15) is 0 Å². The molecular weight excluding hydrogens is 542 g/mol. The standard InChI is InChI=1S/C34H39N5O2S/c1-6-10-23-11-9-12-25(17-23)34-38-30(20-42-34)24-13-14-28-26(18-24)27(32(40)37-28)19-29-21(4)31(22(5)36-29)33(41)35-15-16-39(7-2)8-3/h9,11-14,17-20,36H,6-8,10,15-16H2,1-5H3,(H,35,41)(H,37,40). The molecule has 2 amide bonds. The highest BCUT2D eigenvalue weighted by Crippen LogP contribution is 2.38. The molecule has 8 heteroatoms. The fourth-order valence-electron chi connectivity index (χ4n) is 5.54. The van der Waals surface area contributed by atoms with Crippen LogP contribution in [-0.4, -0.2) is 52.9 Å². The number of carbonyl (C=O) groups is 2. The molecular formula is C34H39N5O2S. The molecule has 0 bridgehead atoms. The summed E-state index contributed by atoms with van der Waals surface area (Å²) in [7, 11) is 0. The minimum Gasteiger partial charge on any atom is -0.358 e. The van der Waals surface area contributed by atoms with Gasteiger partial charge in [-0.05, 0) is 68.8 Å². The van der Waals surface area contributed by atoms with Gasteiger partial charge >= 0.3 is 0 Å². The summed E-state index contributed by atoms with van der Waals surface area (Å²) < 4.78 is 0. The van der Waals surface area contributed by atoms with Crippen LogP contribution in [0.5, 0.6) is 0 Å². The number of thiazole rings is 1. The fraction of sp³-hybridized carbons (Fsp3) is 0.324. The molecule has 0 unspecified atom stereocenters. The molecule has 218 valence electrons. The highest BCUT2D eigenvalue weighted by Gasteiger charge is 2.26. The second-order valence-electron chi connectivity index (χ2n) is 10.7. The lowest BCUT2D eigenvalue weighted by molar-refractivity contribution is -0.110. The van der Waals surface area contributed by atoms with Crippen LogP contribution in [0.25, 0.3) is 33.5 Å². The van der Waals surface area contributed by atoms with E-state index >= 15 is 0 Å². The smallest absolute Gasteiger partial charge is 0.256 e. The minimum absolute atomic E-state index is 0.101. The summed E-state index contributed by atoms with van der Waals surface area (Å²) in [6.45, 7) is 13.5. The van der Waals surface area contributed by atoms with E-state index < -0.39 is 0 Å². The lowest BCUT2D eigenvalue weighted by Gasteiger charge is -2.18. The third-order valence-electron chi connectivity index (χ3n) is 7.92. The van der Waals surface area contributed by atoms with Crippen LogP contribution in [0.1, 0.15) is 65.6 Å². The number of anilines is 1. The van der Waals surface area contributed by atoms with Crippen LogP contribution in [0.4, 0.5) is 5.69 Å². The lowest BCUT2D eigenvalue weighted by Crippen LogP contribution is -2.35. The van der Waals surface area contributed by atoms with Gasteiger partial charge in [-0.15, -0.1) is 11.3 Å². The number of amides is 2. The maximum absolute atomic E-state index is 13.1. The van der Waals surface area contributed by atoms with Crippen LogP contribution in [0.3, 0.4) is 0 Å². The highest BCUT2D eigenvalue weighted by molar-refractivity contribution is 7.13. The molecule has 0 radical (unpaired) electrons. The van der Waals surface area contributed by atoms with Crippen molar-refractivity contribution in [3.63, 3.8) is 0 Å². The fourth-order valence-corrected chi connectivity index (χ4v) is 6.36. The number of aromatic amines is 1. The lowest BCUT2D eigenvalue weighted by atomic mass is 10.0. The zero-order valence-electron chi connectivity index (χ0n) is 25.1. The molecule has 0 fully saturated rings. The number of benzene rings is 2. The molecule has 2 aromatic carbocycles. The van der Waals surface area contributed by atoms with Crippen LogP contribution >= 0.6 is 11.3 Å². The number of H-pyrrole nitrogens is 1. The number of nitrogens with one attached hydrogen (secondary N) is 3. The molecule has 3 N–H and O–H groups in total. The number of aryl methyl sites for hydroxylation is 2. The predicted octanol–water partition coefficient (Wildman–Crippen LogP) is 6.94. The Bertz CT molecular complexity index is 1640. The first-order chi connectivity index (χ1) is 20.3. The zero-order chi connectivity index (χ0) is 29.8. The predicted molar refractivity (Wildman–Crippen MR) is 174 cm³/mol. The first-order valence-corrected chi connectivity index (χ1v) is 15.6. The van der Waals surface area contributed by atoms with Crippen molar-refractivity contribution in [1.82, 2.24) is 20.2 Å². The SMILES string of the molecule is CCCc1cccc(-c2nc(-c3ccc4c(c3)C(=Cc3[nH]c(C)c(C(=O)NCCN(CC)CC)c3C)C(=O)N4)cs2)c1. The number of hydrogen-bond donors (Lipinski definition) is 3. The van der Waals surface area contributed by atoms with Gasteiger partial charge < -0.3 is 20.5 Å². The van der Waals surface area contributed by atoms with Gasteiger partial charge in [-0.3, -0.25) is 9.59 Å². The van der Waals surface area contributed by atoms with Gasteiger partial charge in [-0.1, -0.05) is 51.5 Å². The van der Waals surface area contributed by atoms with Gasteiger partial charge in [-0.25, -0.2) is 4.98 Å². The first kappa shape index (κ1) is 29.5. The Morgan fingerprint density at radius 3 is 2.64 bits per heavy atom. The van der Waals surface area contributed by atoms with E-state index in [9.17, 15) is 9.59 Å². The van der Waals surface area contributed by atoms with E-state index in [0.717, 1.165) is 82.5 Å². The number of aromatic nitrogens is 2. The van der Waals surface area contributed by atoms with E-state index in [-0.39, 0.29) is 11.8 Å². The molecule has 1 aliphatic rings. The quantitative estimate of drug-likeness (QED) is 0.167. The summed E-state index contributed by atoms with van der Waals surface area (Å²) in [5.74, 6) is -0.262. The van der Waals surface area contributed by atoms with E-state index in [1.54, 1.807) is 11.3 Å². The van der Waals surface area contributed by atoms with Gasteiger partial charge in [0.25, 0.3) is 11.8 Å². The number of hydrogen-bond acceptors (Lipinski definition) is 5. The van der Waals surface area contributed by atoms with Crippen LogP contribution in [0.2, 0.25) is 0 Å². The van der Waals surface area contributed by atoms with Crippen LogP contribution in [-0.2, 0) is 11.2 Å². The zero-order valence-corrected chi connectivity index (χ0v) is 25.9. The molecule has 3 heterocycles. The van der Waals surface area contributed by atoms with Crippen molar-refractivity contribution in [2.75, 3.05) is 31.5 Å². The topological polar surface area (TPSA) is 90.1 Å². The third-order valence-corrected chi connectivity index (χ3v) is 8.81. The number of nitrogens with zero attached hydrogens (tertiary/aromatic N) is 2. The minimum atomic E-state index is -0.161. The van der Waals surface area contributed by atoms with Gasteiger partial charge in [0.1, 0.15) is 5.01 Å². The van der Waals surface area contributed by atoms with E-state index in [1.165, 1.54) is 5.56 Å². The van der Waals surface area contributed by atoms with Gasteiger partial charge in [0, 0.05) is 52.2 Å². The van der Waals surface area contributed by atoms with E-state index in [4.69, 9.17) is 4.98 Å². The summed E-state index contributed by atoms with van der Waals surface area (Å²) in [6.07, 6.45) is 4.01. The molecule has 42 heavy (non-hydrogen) atoms. The molecule has 0 atom stereocenters. The maximum atomic E-state index is 13.1. The third kappa shape index (κ3) is 6.10. The summed E-state index contributed by atoms with van der Waals surface area (Å²) in [6, 6.07) is 14.5.